The number of halogens is 1. The van der Waals surface area contributed by atoms with Crippen molar-refractivity contribution in [2.24, 2.45) is 0 Å². The van der Waals surface area contributed by atoms with Crippen LogP contribution >= 0.6 is 11.6 Å². The second-order valence-electron chi connectivity index (χ2n) is 9.28. The van der Waals surface area contributed by atoms with E-state index in [2.05, 4.69) is 55.4 Å². The van der Waals surface area contributed by atoms with Crippen LogP contribution in [0.5, 0.6) is 5.75 Å². The van der Waals surface area contributed by atoms with Crippen LogP contribution in [0.1, 0.15) is 49.8 Å². The summed E-state index contributed by atoms with van der Waals surface area (Å²) in [5.41, 5.74) is 6.30. The molecule has 8 heteroatoms. The highest BCUT2D eigenvalue weighted by atomic mass is 35.5. The molecule has 184 valence electrons. The van der Waals surface area contributed by atoms with Crippen molar-refractivity contribution in [3.63, 3.8) is 0 Å². The summed E-state index contributed by atoms with van der Waals surface area (Å²) >= 11 is 6.65. The molecule has 0 saturated carbocycles. The maximum atomic E-state index is 9.64. The predicted octanol–water partition coefficient (Wildman–Crippen LogP) is 4.84. The van der Waals surface area contributed by atoms with E-state index in [0.29, 0.717) is 0 Å². The van der Waals surface area contributed by atoms with E-state index in [-0.39, 0.29) is 18.4 Å². The smallest absolute Gasteiger partial charge is 0.303 e. The first-order valence-electron chi connectivity index (χ1n) is 11.6. The van der Waals surface area contributed by atoms with E-state index in [1.807, 2.05) is 6.07 Å². The van der Waals surface area contributed by atoms with Gasteiger partial charge in [0.15, 0.2) is 0 Å². The highest BCUT2D eigenvalue weighted by Gasteiger charge is 2.27. The molecule has 2 aromatic carbocycles. The first kappa shape index (κ1) is 25.8. The Labute approximate surface area is 205 Å². The molecule has 0 bridgehead atoms. The SMILES string of the molecule is CN(c1ccc2c(c1)CCC(C)(C)O2)c1c(Cl)ccc2c1CCNCC2.O=C(O)CCC(=O)O. The molecule has 4 rings (SSSR count). The van der Waals surface area contributed by atoms with Gasteiger partial charge in [-0.05, 0) is 93.6 Å². The lowest BCUT2D eigenvalue weighted by Gasteiger charge is -2.33. The Morgan fingerprint density at radius 3 is 2.38 bits per heavy atom. The van der Waals surface area contributed by atoms with E-state index < -0.39 is 11.9 Å². The fraction of sp³-hybridized carbons (Fsp3) is 0.462. The second-order valence-corrected chi connectivity index (χ2v) is 9.69. The summed E-state index contributed by atoms with van der Waals surface area (Å²) < 4.78 is 6.14. The average molecular weight is 489 g/mol. The lowest BCUT2D eigenvalue weighted by Crippen LogP contribution is -2.32. The van der Waals surface area contributed by atoms with Gasteiger partial charge in [-0.3, -0.25) is 9.59 Å². The van der Waals surface area contributed by atoms with Crippen LogP contribution in [0.3, 0.4) is 0 Å². The molecule has 0 amide bonds. The Kier molecular flexibility index (Phi) is 8.44. The average Bonchev–Trinajstić information content (AvgIpc) is 3.02. The van der Waals surface area contributed by atoms with Gasteiger partial charge >= 0.3 is 11.9 Å². The molecule has 0 atom stereocenters. The lowest BCUT2D eigenvalue weighted by molar-refractivity contribution is -0.143. The number of ether oxygens (including phenoxy) is 1. The summed E-state index contributed by atoms with van der Waals surface area (Å²) in [7, 11) is 2.12. The first-order valence-corrected chi connectivity index (χ1v) is 12.0. The third-order valence-electron chi connectivity index (χ3n) is 6.16. The van der Waals surface area contributed by atoms with Crippen molar-refractivity contribution in [3.05, 3.63) is 52.0 Å². The van der Waals surface area contributed by atoms with Crippen LogP contribution in [0.15, 0.2) is 30.3 Å². The number of fused-ring (bicyclic) bond motifs is 2. The topological polar surface area (TPSA) is 99.1 Å². The summed E-state index contributed by atoms with van der Waals surface area (Å²) in [4.78, 5) is 21.5. The molecule has 0 fully saturated rings. The molecule has 0 unspecified atom stereocenters. The Morgan fingerprint density at radius 1 is 1.03 bits per heavy atom. The Morgan fingerprint density at radius 2 is 1.71 bits per heavy atom. The van der Waals surface area contributed by atoms with Crippen molar-refractivity contribution >= 4 is 34.9 Å². The van der Waals surface area contributed by atoms with Gasteiger partial charge in [0.2, 0.25) is 0 Å². The van der Waals surface area contributed by atoms with Gasteiger partial charge in [0.25, 0.3) is 0 Å². The van der Waals surface area contributed by atoms with Crippen LogP contribution < -0.4 is 15.0 Å². The number of hydrogen-bond donors (Lipinski definition) is 3. The summed E-state index contributed by atoms with van der Waals surface area (Å²) in [5.74, 6) is -1.14. The van der Waals surface area contributed by atoms with Crippen molar-refractivity contribution in [2.75, 3.05) is 25.0 Å². The molecule has 2 aromatic rings. The van der Waals surface area contributed by atoms with E-state index in [1.165, 1.54) is 22.4 Å². The molecule has 3 N–H and O–H groups in total. The van der Waals surface area contributed by atoms with Gasteiger partial charge in [-0.25, -0.2) is 0 Å². The van der Waals surface area contributed by atoms with Gasteiger partial charge < -0.3 is 25.2 Å². The quantitative estimate of drug-likeness (QED) is 0.554. The number of carboxylic acid groups (broad SMARTS) is 2. The Balaban J connectivity index is 0.000000350. The zero-order valence-electron chi connectivity index (χ0n) is 20.0. The van der Waals surface area contributed by atoms with Crippen LogP contribution in [0.4, 0.5) is 11.4 Å². The molecule has 0 aliphatic carbocycles. The normalized spacial score (nSPS) is 16.0. The number of benzene rings is 2. The summed E-state index contributed by atoms with van der Waals surface area (Å²) in [6, 6.07) is 10.7. The summed E-state index contributed by atoms with van der Waals surface area (Å²) in [6.45, 7) is 6.34. The number of nitrogens with one attached hydrogen (secondary N) is 1. The number of aryl methyl sites for hydroxylation is 1. The van der Waals surface area contributed by atoms with Crippen molar-refractivity contribution < 1.29 is 24.5 Å². The highest BCUT2D eigenvalue weighted by Crippen LogP contribution is 2.40. The van der Waals surface area contributed by atoms with Crippen LogP contribution in [0.25, 0.3) is 0 Å². The fourth-order valence-electron chi connectivity index (χ4n) is 4.28. The van der Waals surface area contributed by atoms with Gasteiger partial charge in [-0.2, -0.15) is 0 Å². The van der Waals surface area contributed by atoms with Crippen molar-refractivity contribution in [1.29, 1.82) is 0 Å². The van der Waals surface area contributed by atoms with E-state index in [0.717, 1.165) is 55.2 Å². The van der Waals surface area contributed by atoms with Gasteiger partial charge in [-0.1, -0.05) is 17.7 Å². The molecular weight excluding hydrogens is 456 g/mol. The van der Waals surface area contributed by atoms with Gasteiger partial charge in [0.05, 0.1) is 23.6 Å². The number of hydrogen-bond acceptors (Lipinski definition) is 5. The van der Waals surface area contributed by atoms with E-state index >= 15 is 0 Å². The number of aliphatic carboxylic acids is 2. The van der Waals surface area contributed by atoms with Crippen molar-refractivity contribution in [3.8, 4) is 5.75 Å². The molecule has 2 aliphatic rings. The second kappa shape index (κ2) is 11.1. The minimum absolute atomic E-state index is 0.0759. The van der Waals surface area contributed by atoms with Crippen LogP contribution in [0, 0.1) is 0 Å². The Bertz CT molecular complexity index is 1040. The molecule has 0 spiro atoms. The number of anilines is 2. The van der Waals surface area contributed by atoms with E-state index in [4.69, 9.17) is 26.6 Å². The maximum Gasteiger partial charge on any atom is 0.303 e. The van der Waals surface area contributed by atoms with E-state index in [1.54, 1.807) is 0 Å². The lowest BCUT2D eigenvalue weighted by atomic mass is 9.94. The number of carboxylic acids is 2. The Hall–Kier alpha value is -2.77. The minimum Gasteiger partial charge on any atom is -0.488 e. The maximum absolute atomic E-state index is 9.64. The molecule has 0 aromatic heterocycles. The predicted molar refractivity (Wildman–Crippen MR) is 134 cm³/mol. The molecule has 7 nitrogen and oxygen atoms in total. The monoisotopic (exact) mass is 488 g/mol. The van der Waals surface area contributed by atoms with Crippen LogP contribution in [-0.4, -0.2) is 47.9 Å². The molecule has 2 aliphatic heterocycles. The van der Waals surface area contributed by atoms with E-state index in [9.17, 15) is 9.59 Å². The molecule has 34 heavy (non-hydrogen) atoms. The van der Waals surface area contributed by atoms with Gasteiger partial charge in [0, 0.05) is 12.7 Å². The van der Waals surface area contributed by atoms with Crippen LogP contribution in [0.2, 0.25) is 5.02 Å². The molecule has 2 heterocycles. The summed E-state index contributed by atoms with van der Waals surface area (Å²) in [5, 5.41) is 20.1. The van der Waals surface area contributed by atoms with Crippen molar-refractivity contribution in [2.45, 2.75) is 58.0 Å². The number of carbonyl (C=O) groups is 2. The van der Waals surface area contributed by atoms with Gasteiger partial charge in [-0.15, -0.1) is 0 Å². The number of nitrogens with zero attached hydrogens (tertiary/aromatic N) is 1. The van der Waals surface area contributed by atoms with Crippen LogP contribution in [-0.2, 0) is 28.9 Å². The molecule has 0 saturated heterocycles. The largest absolute Gasteiger partial charge is 0.488 e. The minimum atomic E-state index is -1.08. The highest BCUT2D eigenvalue weighted by molar-refractivity contribution is 6.33. The summed E-state index contributed by atoms with van der Waals surface area (Å²) in [6.07, 6.45) is 3.57. The zero-order chi connectivity index (χ0) is 24.9. The zero-order valence-corrected chi connectivity index (χ0v) is 20.7. The van der Waals surface area contributed by atoms with Gasteiger partial charge in [0.1, 0.15) is 11.4 Å². The number of rotatable bonds is 5. The third-order valence-corrected chi connectivity index (χ3v) is 6.46. The third kappa shape index (κ3) is 6.64. The standard InChI is InChI=1S/C22H27ClN2O.C4H6O4/c1-22(2)11-8-16-14-17(5-7-20(16)26-22)25(3)21-18-10-13-24-12-9-15(18)4-6-19(21)23;5-3(6)1-2-4(7)8/h4-7,14,24H,8-13H2,1-3H3;1-2H2,(H,5,6)(H,7,8). The first-order chi connectivity index (χ1) is 16.1. The van der Waals surface area contributed by atoms with Crippen molar-refractivity contribution in [1.82, 2.24) is 5.32 Å². The molecule has 0 radical (unpaired) electrons. The fourth-order valence-corrected chi connectivity index (χ4v) is 4.59. The molecular formula is C26H33ClN2O5.